The monoisotopic (exact) mass is 1090 g/mol. The minimum absolute atomic E-state index is 0.00612. The average Bonchev–Trinajstić information content (AvgIpc) is 3.99. The molecule has 1 aromatic heterocycles. The van der Waals surface area contributed by atoms with E-state index < -0.39 is 47.8 Å². The highest BCUT2D eigenvalue weighted by atomic mass is 35.5. The highest BCUT2D eigenvalue weighted by Gasteiger charge is 2.37. The first kappa shape index (κ1) is 56.4. The zero-order chi connectivity index (χ0) is 54.8. The van der Waals surface area contributed by atoms with Crippen LogP contribution >= 0.6 is 23.2 Å². The molecule has 0 bridgehead atoms. The Balaban J connectivity index is 1.08. The van der Waals surface area contributed by atoms with Crippen molar-refractivity contribution in [3.63, 3.8) is 0 Å². The van der Waals surface area contributed by atoms with Crippen LogP contribution in [0.5, 0.6) is 11.5 Å². The van der Waals surface area contributed by atoms with Crippen molar-refractivity contribution in [1.82, 2.24) is 40.5 Å². The molecule has 18 heteroatoms. The van der Waals surface area contributed by atoms with Gasteiger partial charge >= 0.3 is 0 Å². The van der Waals surface area contributed by atoms with Crippen LogP contribution in [0.4, 0.5) is 0 Å². The first-order valence-corrected chi connectivity index (χ1v) is 27.0. The van der Waals surface area contributed by atoms with E-state index >= 15 is 4.79 Å². The molecular formula is C59H68Cl2N8O8. The summed E-state index contributed by atoms with van der Waals surface area (Å²) in [6.07, 6.45) is 3.55. The van der Waals surface area contributed by atoms with Crippen molar-refractivity contribution in [2.45, 2.75) is 89.6 Å². The number of hydrogen-bond donors (Lipinski definition) is 3. The molecule has 8 rings (SSSR count). The number of nitrogens with one attached hydrogen (secondary N) is 3. The lowest BCUT2D eigenvalue weighted by molar-refractivity contribution is -0.147. The maximum Gasteiger partial charge on any atom is 0.247 e. The summed E-state index contributed by atoms with van der Waals surface area (Å²) >= 11 is 12.8. The minimum atomic E-state index is -1.21. The van der Waals surface area contributed by atoms with Crippen molar-refractivity contribution in [3.8, 4) is 22.6 Å². The number of carbonyl (C=O) groups is 6. The number of aromatic nitrogens is 1. The number of benzene rings is 4. The third kappa shape index (κ3) is 14.4. The Hall–Kier alpha value is -6.85. The van der Waals surface area contributed by atoms with E-state index in [9.17, 15) is 24.0 Å². The van der Waals surface area contributed by atoms with E-state index in [-0.39, 0.29) is 69.0 Å². The predicted octanol–water partition coefficient (Wildman–Crippen LogP) is 6.88. The van der Waals surface area contributed by atoms with Gasteiger partial charge in [-0.3, -0.25) is 33.8 Å². The Morgan fingerprint density at radius 2 is 1.52 bits per heavy atom. The molecule has 2 fully saturated rings. The van der Waals surface area contributed by atoms with Crippen molar-refractivity contribution in [2.75, 3.05) is 54.0 Å². The lowest BCUT2D eigenvalue weighted by atomic mass is 9.93. The second kappa shape index (κ2) is 26.0. The van der Waals surface area contributed by atoms with E-state index in [1.165, 1.54) is 16.9 Å². The average molecular weight is 1090 g/mol. The maximum atomic E-state index is 15.1. The van der Waals surface area contributed by atoms with Crippen molar-refractivity contribution in [2.24, 2.45) is 11.8 Å². The van der Waals surface area contributed by atoms with Gasteiger partial charge in [0, 0.05) is 112 Å². The minimum Gasteiger partial charge on any atom is -0.457 e. The van der Waals surface area contributed by atoms with Crippen LogP contribution in [0.15, 0.2) is 109 Å². The van der Waals surface area contributed by atoms with Crippen LogP contribution in [0, 0.1) is 11.8 Å². The number of carbonyl (C=O) groups excluding carboxylic acids is 6. The molecule has 3 aliphatic heterocycles. The zero-order valence-electron chi connectivity index (χ0n) is 44.3. The molecule has 0 saturated carbocycles. The summed E-state index contributed by atoms with van der Waals surface area (Å²) in [7, 11) is 4.65. The first-order chi connectivity index (χ1) is 37.0. The number of fused-ring (bicyclic) bond motifs is 1. The van der Waals surface area contributed by atoms with Gasteiger partial charge in [-0.15, -0.1) is 0 Å². The number of nitrogens with zero attached hydrogens (tertiary/aromatic N) is 5. The van der Waals surface area contributed by atoms with E-state index in [0.29, 0.717) is 53.2 Å². The van der Waals surface area contributed by atoms with Crippen LogP contribution in [-0.4, -0.2) is 138 Å². The number of hydrogen-bond acceptors (Lipinski definition) is 10. The maximum absolute atomic E-state index is 15.1. The number of likely N-dealkylation sites (N-methyl/N-ethyl adjacent to an activating group) is 2. The summed E-state index contributed by atoms with van der Waals surface area (Å²) in [4.78, 5) is 97.1. The van der Waals surface area contributed by atoms with E-state index in [1.54, 1.807) is 56.3 Å². The van der Waals surface area contributed by atoms with Crippen LogP contribution in [0.2, 0.25) is 10.0 Å². The quantitative estimate of drug-likeness (QED) is 0.119. The number of ether oxygens (including phenoxy) is 2. The molecule has 6 amide bonds. The summed E-state index contributed by atoms with van der Waals surface area (Å²) in [6, 6.07) is 27.6. The van der Waals surface area contributed by atoms with Crippen molar-refractivity contribution >= 4 is 58.6 Å². The third-order valence-corrected chi connectivity index (χ3v) is 15.5. The van der Waals surface area contributed by atoms with E-state index in [0.717, 1.165) is 46.5 Å². The normalized spacial score (nSPS) is 22.2. The van der Waals surface area contributed by atoms with Crippen molar-refractivity contribution in [3.05, 3.63) is 147 Å². The Labute approximate surface area is 460 Å². The lowest BCUT2D eigenvalue weighted by Crippen LogP contribution is -2.57. The molecule has 0 spiro atoms. The second-order valence-corrected chi connectivity index (χ2v) is 21.3. The summed E-state index contributed by atoms with van der Waals surface area (Å²) < 4.78 is 12.0. The fourth-order valence-corrected chi connectivity index (χ4v) is 10.5. The van der Waals surface area contributed by atoms with Gasteiger partial charge in [0.1, 0.15) is 23.6 Å². The Kier molecular flexibility index (Phi) is 19.0. The van der Waals surface area contributed by atoms with Gasteiger partial charge in [-0.2, -0.15) is 0 Å². The van der Waals surface area contributed by atoms with Gasteiger partial charge in [-0.25, -0.2) is 0 Å². The van der Waals surface area contributed by atoms with Crippen LogP contribution < -0.4 is 20.7 Å². The summed E-state index contributed by atoms with van der Waals surface area (Å²) in [5, 5.41) is 10.0. The lowest BCUT2D eigenvalue weighted by Gasteiger charge is -2.35. The highest BCUT2D eigenvalue weighted by Crippen LogP contribution is 2.33. The van der Waals surface area contributed by atoms with E-state index in [1.807, 2.05) is 84.8 Å². The van der Waals surface area contributed by atoms with Gasteiger partial charge in [0.15, 0.2) is 0 Å². The Morgan fingerprint density at radius 3 is 2.23 bits per heavy atom. The topological polar surface area (TPSA) is 183 Å². The second-order valence-electron chi connectivity index (χ2n) is 20.5. The van der Waals surface area contributed by atoms with Gasteiger partial charge < -0.3 is 45.0 Å². The molecule has 0 aliphatic carbocycles. The molecule has 77 heavy (non-hydrogen) atoms. The molecule has 3 N–H and O–H groups in total. The SMILES string of the molecule is COC[C@@H]1NC(=O)[C@H](C)N(Cc2ccc(Cl)cc2Oc2ccc(-c3cnc4c(c3)CN(C(=O)[C@@H]3CCNC3)CC4)cc2)C(=O)C[C@@H](Cc2ccccc2)C(=O)N(C)[C@@H](C)CNC(=O)C[C@H](Cc2ccc(Cl)cc2)N(C)C1=O. The Morgan fingerprint density at radius 1 is 0.792 bits per heavy atom. The molecule has 2 saturated heterocycles. The number of halogens is 2. The summed E-state index contributed by atoms with van der Waals surface area (Å²) in [6.45, 7) is 5.89. The highest BCUT2D eigenvalue weighted by molar-refractivity contribution is 6.31. The standard InChI is InChI=1S/C59H68Cl2N8O8/c1-37-31-64-54(70)30-49(26-40-11-16-47(60)17-12-40)67(4)59(75)52(36-76-5)65-56(72)38(2)69(55(71)28-44(57(73)66(37)3)25-39-9-7-6-8-10-39)35-43-13-18-48(61)29-53(43)77-50-19-14-41(15-20-50)45-27-46-34-68(24-22-51(46)63-33-45)58(74)42-21-23-62-32-42/h6-20,27,29,33,37-38,42,44,49,52,62H,21-26,28,30-32,34-36H2,1-5H3,(H,64,70)(H,65,72)/t37-,38-,42+,44+,49-,52-/m0/s1. The fraction of sp³-hybridized carbons (Fsp3) is 0.407. The van der Waals surface area contributed by atoms with Gasteiger partial charge in [-0.1, -0.05) is 83.9 Å². The molecule has 4 heterocycles. The number of rotatable bonds is 12. The third-order valence-electron chi connectivity index (χ3n) is 15.1. The van der Waals surface area contributed by atoms with Crippen molar-refractivity contribution in [1.29, 1.82) is 0 Å². The van der Waals surface area contributed by atoms with Gasteiger partial charge in [0.25, 0.3) is 0 Å². The summed E-state index contributed by atoms with van der Waals surface area (Å²) in [5.41, 5.74) is 6.00. The zero-order valence-corrected chi connectivity index (χ0v) is 45.8. The summed E-state index contributed by atoms with van der Waals surface area (Å²) in [5.74, 6) is -2.18. The van der Waals surface area contributed by atoms with Crippen molar-refractivity contribution < 1.29 is 38.2 Å². The number of amides is 6. The van der Waals surface area contributed by atoms with E-state index in [4.69, 9.17) is 37.7 Å². The van der Waals surface area contributed by atoms with Gasteiger partial charge in [-0.05, 0) is 104 Å². The van der Waals surface area contributed by atoms with Crippen LogP contribution in [0.1, 0.15) is 61.1 Å². The molecule has 6 atom stereocenters. The van der Waals surface area contributed by atoms with Crippen LogP contribution in [0.25, 0.3) is 11.1 Å². The molecule has 5 aromatic rings. The fourth-order valence-electron chi connectivity index (χ4n) is 10.2. The molecule has 16 nitrogen and oxygen atoms in total. The van der Waals surface area contributed by atoms with Crippen LogP contribution in [-0.2, 0) is 65.9 Å². The molecule has 3 aliphatic rings. The molecular weight excluding hydrogens is 1020 g/mol. The molecule has 4 aromatic carbocycles. The molecule has 406 valence electrons. The number of pyridine rings is 1. The predicted molar refractivity (Wildman–Crippen MR) is 295 cm³/mol. The molecule has 0 unspecified atom stereocenters. The van der Waals surface area contributed by atoms with E-state index in [2.05, 4.69) is 22.0 Å². The molecule has 0 radical (unpaired) electrons. The van der Waals surface area contributed by atoms with Crippen LogP contribution in [0.3, 0.4) is 0 Å². The number of methoxy groups -OCH3 is 1. The van der Waals surface area contributed by atoms with Gasteiger partial charge in [0.05, 0.1) is 25.0 Å². The van der Waals surface area contributed by atoms with Gasteiger partial charge in [0.2, 0.25) is 35.4 Å². The first-order valence-electron chi connectivity index (χ1n) is 26.3. The largest absolute Gasteiger partial charge is 0.457 e. The Bertz CT molecular complexity index is 2900. The smallest absolute Gasteiger partial charge is 0.247 e.